The van der Waals surface area contributed by atoms with Crippen LogP contribution in [0.1, 0.15) is 49.3 Å². The van der Waals surface area contributed by atoms with Gasteiger partial charge in [-0.15, -0.1) is 0 Å². The third-order valence-electron chi connectivity index (χ3n) is 4.89. The average Bonchev–Trinajstić information content (AvgIpc) is 3.02. The number of amides is 1. The molecule has 3 heterocycles. The Morgan fingerprint density at radius 3 is 2.84 bits per heavy atom. The third-order valence-corrected chi connectivity index (χ3v) is 4.89. The molecule has 3 rings (SSSR count). The van der Waals surface area contributed by atoms with Gasteiger partial charge in [0.15, 0.2) is 0 Å². The molecular weight excluding hydrogens is 320 g/mol. The molecule has 0 spiro atoms. The Kier molecular flexibility index (Phi) is 5.86. The predicted molar refractivity (Wildman–Crippen MR) is 94.7 cm³/mol. The molecule has 2 N–H and O–H groups in total. The van der Waals surface area contributed by atoms with Crippen molar-refractivity contribution < 1.29 is 9.53 Å². The summed E-state index contributed by atoms with van der Waals surface area (Å²) >= 11 is 0. The highest BCUT2D eigenvalue weighted by molar-refractivity contribution is 5.92. The van der Waals surface area contributed by atoms with E-state index in [4.69, 9.17) is 4.74 Å². The van der Waals surface area contributed by atoms with Gasteiger partial charge in [0.1, 0.15) is 5.69 Å². The number of carbonyl (C=O) groups is 1. The molecule has 7 heteroatoms. The number of ether oxygens (including phenoxy) is 1. The zero-order chi connectivity index (χ0) is 17.8. The topological polar surface area (TPSA) is 87.3 Å². The molecule has 1 aromatic heterocycles. The minimum absolute atomic E-state index is 0.0553. The van der Waals surface area contributed by atoms with Gasteiger partial charge in [-0.05, 0) is 44.3 Å². The van der Waals surface area contributed by atoms with E-state index in [0.717, 1.165) is 18.8 Å². The van der Waals surface area contributed by atoms with Crippen LogP contribution < -0.4 is 11.0 Å². The molecule has 1 aromatic rings. The molecule has 1 amide bonds. The molecule has 138 valence electrons. The Morgan fingerprint density at radius 1 is 1.36 bits per heavy atom. The van der Waals surface area contributed by atoms with Crippen LogP contribution in [0.4, 0.5) is 0 Å². The molecule has 2 atom stereocenters. The number of carbonyl (C=O) groups excluding carboxylic acids is 1. The van der Waals surface area contributed by atoms with Gasteiger partial charge in [-0.25, -0.2) is 4.79 Å². The monoisotopic (exact) mass is 348 g/mol. The van der Waals surface area contributed by atoms with Gasteiger partial charge >= 0.3 is 5.69 Å². The second-order valence-corrected chi connectivity index (χ2v) is 7.48. The zero-order valence-electron chi connectivity index (χ0n) is 15.1. The van der Waals surface area contributed by atoms with E-state index in [1.807, 2.05) is 0 Å². The number of aromatic amines is 1. The fourth-order valence-corrected chi connectivity index (χ4v) is 3.71. The van der Waals surface area contributed by atoms with E-state index in [0.29, 0.717) is 25.6 Å². The molecule has 2 aliphatic heterocycles. The standard InChI is InChI=1S/C18H28N4O3/c1-12(2)8-13-9-14(21-18(24)19-13)17(23)20-15-10-25-11-16(15)22-6-4-3-5-7-22/h9,12,15-16H,3-8,10-11H2,1-2H3,(H,20,23)(H,19,21,24)/t15-,16-/m1/s1. The number of aromatic nitrogens is 2. The Balaban J connectivity index is 1.68. The third kappa shape index (κ3) is 4.67. The molecule has 0 saturated carbocycles. The summed E-state index contributed by atoms with van der Waals surface area (Å²) in [5, 5.41) is 3.03. The first-order valence-corrected chi connectivity index (χ1v) is 9.26. The molecule has 0 aromatic carbocycles. The smallest absolute Gasteiger partial charge is 0.345 e. The number of piperidine rings is 1. The van der Waals surface area contributed by atoms with E-state index >= 15 is 0 Å². The summed E-state index contributed by atoms with van der Waals surface area (Å²) in [6.07, 6.45) is 4.38. The number of H-pyrrole nitrogens is 1. The maximum atomic E-state index is 12.6. The van der Waals surface area contributed by atoms with Crippen LogP contribution >= 0.6 is 0 Å². The number of hydrogen-bond donors (Lipinski definition) is 2. The second kappa shape index (κ2) is 8.10. The molecule has 25 heavy (non-hydrogen) atoms. The van der Waals surface area contributed by atoms with Gasteiger partial charge in [-0.1, -0.05) is 20.3 Å². The number of nitrogens with zero attached hydrogens (tertiary/aromatic N) is 2. The van der Waals surface area contributed by atoms with E-state index in [9.17, 15) is 9.59 Å². The Morgan fingerprint density at radius 2 is 2.12 bits per heavy atom. The van der Waals surface area contributed by atoms with Gasteiger partial charge in [-0.3, -0.25) is 9.69 Å². The van der Waals surface area contributed by atoms with Crippen molar-refractivity contribution >= 4 is 5.91 Å². The zero-order valence-corrected chi connectivity index (χ0v) is 15.1. The molecule has 0 aliphatic carbocycles. The number of hydrogen-bond acceptors (Lipinski definition) is 5. The summed E-state index contributed by atoms with van der Waals surface area (Å²) in [7, 11) is 0. The van der Waals surface area contributed by atoms with E-state index in [-0.39, 0.29) is 23.7 Å². The number of likely N-dealkylation sites (tertiary alicyclic amines) is 1. The van der Waals surface area contributed by atoms with Crippen LogP contribution in [0.15, 0.2) is 10.9 Å². The fraction of sp³-hybridized carbons (Fsp3) is 0.722. The van der Waals surface area contributed by atoms with Crippen LogP contribution in [0.2, 0.25) is 0 Å². The van der Waals surface area contributed by atoms with Crippen molar-refractivity contribution in [3.05, 3.63) is 27.9 Å². The lowest BCUT2D eigenvalue weighted by molar-refractivity contribution is 0.0894. The van der Waals surface area contributed by atoms with Gasteiger partial charge in [0.2, 0.25) is 0 Å². The molecule has 0 unspecified atom stereocenters. The normalized spacial score (nSPS) is 24.6. The minimum Gasteiger partial charge on any atom is -0.378 e. The van der Waals surface area contributed by atoms with Gasteiger partial charge in [0.25, 0.3) is 5.91 Å². The van der Waals surface area contributed by atoms with Gasteiger partial charge in [0, 0.05) is 5.69 Å². The quantitative estimate of drug-likeness (QED) is 0.827. The minimum atomic E-state index is -0.474. The van der Waals surface area contributed by atoms with Crippen molar-refractivity contribution in [3.8, 4) is 0 Å². The number of rotatable bonds is 5. The Hall–Kier alpha value is -1.73. The largest absolute Gasteiger partial charge is 0.378 e. The SMILES string of the molecule is CC(C)Cc1cc(C(=O)N[C@@H]2COC[C@H]2N2CCCCC2)nc(=O)[nH]1. The first kappa shape index (κ1) is 18.1. The van der Waals surface area contributed by atoms with Crippen LogP contribution in [0.5, 0.6) is 0 Å². The van der Waals surface area contributed by atoms with E-state index in [1.54, 1.807) is 6.07 Å². The second-order valence-electron chi connectivity index (χ2n) is 7.48. The maximum absolute atomic E-state index is 12.6. The van der Waals surface area contributed by atoms with Crippen molar-refractivity contribution in [2.45, 2.75) is 51.6 Å². The lowest BCUT2D eigenvalue weighted by Crippen LogP contribution is -2.52. The average molecular weight is 348 g/mol. The molecule has 0 radical (unpaired) electrons. The summed E-state index contributed by atoms with van der Waals surface area (Å²) in [5.41, 5.74) is 0.456. The summed E-state index contributed by atoms with van der Waals surface area (Å²) in [5.74, 6) is 0.0919. The lowest BCUT2D eigenvalue weighted by Gasteiger charge is -2.34. The van der Waals surface area contributed by atoms with Crippen LogP contribution in [0.25, 0.3) is 0 Å². The summed E-state index contributed by atoms with van der Waals surface area (Å²) < 4.78 is 5.62. The Bertz CT molecular complexity index is 652. The molecule has 0 bridgehead atoms. The van der Waals surface area contributed by atoms with E-state index in [1.165, 1.54) is 19.3 Å². The van der Waals surface area contributed by atoms with Crippen LogP contribution in [0, 0.1) is 5.92 Å². The molecule has 7 nitrogen and oxygen atoms in total. The Labute approximate surface area is 148 Å². The summed E-state index contributed by atoms with van der Waals surface area (Å²) in [6.45, 7) is 7.40. The molecule has 2 aliphatic rings. The van der Waals surface area contributed by atoms with Gasteiger partial charge < -0.3 is 15.0 Å². The molecule has 2 fully saturated rings. The predicted octanol–water partition coefficient (Wildman–Crippen LogP) is 0.952. The van der Waals surface area contributed by atoms with Crippen LogP contribution in [-0.2, 0) is 11.2 Å². The summed E-state index contributed by atoms with van der Waals surface area (Å²) in [4.78, 5) is 33.4. The van der Waals surface area contributed by atoms with Crippen molar-refractivity contribution in [3.63, 3.8) is 0 Å². The first-order valence-electron chi connectivity index (χ1n) is 9.26. The molecule has 2 saturated heterocycles. The fourth-order valence-electron chi connectivity index (χ4n) is 3.71. The highest BCUT2D eigenvalue weighted by Gasteiger charge is 2.35. The molecular formula is C18H28N4O3. The van der Waals surface area contributed by atoms with E-state index < -0.39 is 5.69 Å². The van der Waals surface area contributed by atoms with Crippen LogP contribution in [-0.4, -0.2) is 59.2 Å². The lowest BCUT2D eigenvalue weighted by atomic mass is 10.0. The van der Waals surface area contributed by atoms with Gasteiger partial charge in [-0.2, -0.15) is 4.98 Å². The highest BCUT2D eigenvalue weighted by atomic mass is 16.5. The van der Waals surface area contributed by atoms with Crippen molar-refractivity contribution in [2.24, 2.45) is 5.92 Å². The van der Waals surface area contributed by atoms with Crippen LogP contribution in [0.3, 0.4) is 0 Å². The first-order chi connectivity index (χ1) is 12.0. The number of nitrogens with one attached hydrogen (secondary N) is 2. The van der Waals surface area contributed by atoms with Crippen molar-refractivity contribution in [2.75, 3.05) is 26.3 Å². The van der Waals surface area contributed by atoms with Crippen molar-refractivity contribution in [1.29, 1.82) is 0 Å². The highest BCUT2D eigenvalue weighted by Crippen LogP contribution is 2.19. The maximum Gasteiger partial charge on any atom is 0.345 e. The summed E-state index contributed by atoms with van der Waals surface area (Å²) in [6, 6.07) is 1.84. The van der Waals surface area contributed by atoms with Crippen molar-refractivity contribution in [1.82, 2.24) is 20.2 Å². The van der Waals surface area contributed by atoms with E-state index in [2.05, 4.69) is 34.0 Å². The van der Waals surface area contributed by atoms with Gasteiger partial charge in [0.05, 0.1) is 25.3 Å².